The van der Waals surface area contributed by atoms with Gasteiger partial charge in [0.15, 0.2) is 0 Å². The van der Waals surface area contributed by atoms with Gasteiger partial charge < -0.3 is 15.7 Å². The third kappa shape index (κ3) is 3.72. The minimum atomic E-state index is -1.45. The smallest absolute Gasteiger partial charge is 0.318 e. The molecule has 90 valence electrons. The van der Waals surface area contributed by atoms with Gasteiger partial charge >= 0.3 is 5.97 Å². The van der Waals surface area contributed by atoms with Crippen LogP contribution in [-0.2, 0) is 9.59 Å². The number of carboxylic acids is 1. The predicted octanol–water partition coefficient (Wildman–Crippen LogP) is -0.0252. The number of aliphatic imine (C=N–C) groups is 1. The first kappa shape index (κ1) is 14.2. The molecule has 0 spiro atoms. The molecule has 0 aromatic carbocycles. The number of amides is 1. The van der Waals surface area contributed by atoms with Gasteiger partial charge in [0.1, 0.15) is 5.41 Å². The van der Waals surface area contributed by atoms with Gasteiger partial charge in [0, 0.05) is 13.2 Å². The second-order valence-corrected chi connectivity index (χ2v) is 3.70. The van der Waals surface area contributed by atoms with Gasteiger partial charge in [-0.05, 0) is 20.6 Å². The van der Waals surface area contributed by atoms with Crippen molar-refractivity contribution >= 4 is 18.6 Å². The fraction of sp³-hybridized carbons (Fsp3) is 0.500. The molecule has 0 unspecified atom stereocenters. The molecule has 0 heterocycles. The number of carbonyl (C=O) groups excluding carboxylic acids is 1. The van der Waals surface area contributed by atoms with Crippen molar-refractivity contribution in [3.63, 3.8) is 0 Å². The SMILES string of the molecule is C=N/C(=C\NC)CNC(=O)C(C)(C)C(=O)O. The largest absolute Gasteiger partial charge is 0.480 e. The molecule has 0 aromatic heterocycles. The number of aliphatic carboxylic acids is 1. The van der Waals surface area contributed by atoms with Crippen molar-refractivity contribution in [2.24, 2.45) is 10.4 Å². The molecule has 0 saturated heterocycles. The van der Waals surface area contributed by atoms with Crippen LogP contribution in [0.15, 0.2) is 16.9 Å². The van der Waals surface area contributed by atoms with E-state index < -0.39 is 17.3 Å². The summed E-state index contributed by atoms with van der Waals surface area (Å²) in [6.07, 6.45) is 1.57. The molecule has 3 N–H and O–H groups in total. The van der Waals surface area contributed by atoms with Crippen LogP contribution in [0.25, 0.3) is 0 Å². The average molecular weight is 227 g/mol. The monoisotopic (exact) mass is 227 g/mol. The Labute approximate surface area is 94.4 Å². The Morgan fingerprint density at radius 3 is 2.44 bits per heavy atom. The van der Waals surface area contributed by atoms with Crippen LogP contribution in [0.2, 0.25) is 0 Å². The van der Waals surface area contributed by atoms with Crippen molar-refractivity contribution in [2.45, 2.75) is 13.8 Å². The number of nitrogens with one attached hydrogen (secondary N) is 2. The maximum atomic E-state index is 11.5. The molecule has 1 amide bonds. The fourth-order valence-electron chi connectivity index (χ4n) is 0.808. The lowest BCUT2D eigenvalue weighted by Gasteiger charge is -2.18. The second-order valence-electron chi connectivity index (χ2n) is 3.70. The lowest BCUT2D eigenvalue weighted by molar-refractivity contribution is -0.153. The summed E-state index contributed by atoms with van der Waals surface area (Å²) in [4.78, 5) is 26.0. The zero-order chi connectivity index (χ0) is 12.8. The van der Waals surface area contributed by atoms with Gasteiger partial charge in [-0.1, -0.05) is 0 Å². The molecule has 0 aliphatic rings. The van der Waals surface area contributed by atoms with Crippen LogP contribution in [0.3, 0.4) is 0 Å². The minimum absolute atomic E-state index is 0.139. The van der Waals surface area contributed by atoms with Crippen LogP contribution < -0.4 is 10.6 Å². The third-order valence-corrected chi connectivity index (χ3v) is 2.05. The highest BCUT2D eigenvalue weighted by Crippen LogP contribution is 2.14. The van der Waals surface area contributed by atoms with Gasteiger partial charge in [0.05, 0.1) is 12.2 Å². The van der Waals surface area contributed by atoms with Crippen LogP contribution in [0, 0.1) is 5.41 Å². The van der Waals surface area contributed by atoms with Gasteiger partial charge in [0.2, 0.25) is 5.91 Å². The number of carboxylic acid groups (broad SMARTS) is 1. The van der Waals surface area contributed by atoms with E-state index in [0.717, 1.165) is 0 Å². The maximum Gasteiger partial charge on any atom is 0.318 e. The molecule has 0 aliphatic heterocycles. The van der Waals surface area contributed by atoms with E-state index in [2.05, 4.69) is 22.3 Å². The summed E-state index contributed by atoms with van der Waals surface area (Å²) >= 11 is 0. The highest BCUT2D eigenvalue weighted by atomic mass is 16.4. The third-order valence-electron chi connectivity index (χ3n) is 2.05. The van der Waals surface area contributed by atoms with Crippen molar-refractivity contribution in [3.05, 3.63) is 11.9 Å². The van der Waals surface area contributed by atoms with E-state index >= 15 is 0 Å². The van der Waals surface area contributed by atoms with Crippen molar-refractivity contribution in [3.8, 4) is 0 Å². The summed E-state index contributed by atoms with van der Waals surface area (Å²) in [7, 11) is 1.69. The molecule has 6 nitrogen and oxygen atoms in total. The Kier molecular flexibility index (Phi) is 5.21. The van der Waals surface area contributed by atoms with Crippen LogP contribution in [-0.4, -0.2) is 37.3 Å². The molecular formula is C10H17N3O3. The number of rotatable bonds is 6. The van der Waals surface area contributed by atoms with E-state index in [1.54, 1.807) is 13.2 Å². The van der Waals surface area contributed by atoms with E-state index in [1.807, 2.05) is 0 Å². The van der Waals surface area contributed by atoms with E-state index in [4.69, 9.17) is 5.11 Å². The van der Waals surface area contributed by atoms with Gasteiger partial charge in [-0.2, -0.15) is 0 Å². The highest BCUT2D eigenvalue weighted by molar-refractivity contribution is 6.01. The molecule has 0 rings (SSSR count). The van der Waals surface area contributed by atoms with Crippen molar-refractivity contribution in [1.29, 1.82) is 0 Å². The first-order valence-corrected chi connectivity index (χ1v) is 4.71. The van der Waals surface area contributed by atoms with Crippen molar-refractivity contribution in [2.75, 3.05) is 13.6 Å². The predicted molar refractivity (Wildman–Crippen MR) is 61.1 cm³/mol. The summed E-state index contributed by atoms with van der Waals surface area (Å²) in [5.41, 5.74) is -0.927. The summed E-state index contributed by atoms with van der Waals surface area (Å²) in [6, 6.07) is 0. The summed E-state index contributed by atoms with van der Waals surface area (Å²) in [5.74, 6) is -1.73. The number of hydrogen-bond donors (Lipinski definition) is 3. The van der Waals surface area contributed by atoms with Crippen molar-refractivity contribution < 1.29 is 14.7 Å². The molecule has 16 heavy (non-hydrogen) atoms. The van der Waals surface area contributed by atoms with Gasteiger partial charge in [-0.15, -0.1) is 0 Å². The molecule has 0 fully saturated rings. The molecule has 0 bridgehead atoms. The topological polar surface area (TPSA) is 90.8 Å². The Morgan fingerprint density at radius 1 is 1.50 bits per heavy atom. The van der Waals surface area contributed by atoms with Gasteiger partial charge in [-0.25, -0.2) is 0 Å². The lowest BCUT2D eigenvalue weighted by atomic mass is 9.93. The van der Waals surface area contributed by atoms with Crippen LogP contribution in [0.4, 0.5) is 0 Å². The summed E-state index contributed by atoms with van der Waals surface area (Å²) in [6.45, 7) is 6.15. The molecule has 0 radical (unpaired) electrons. The second kappa shape index (κ2) is 5.89. The Hall–Kier alpha value is -1.85. The summed E-state index contributed by atoms with van der Waals surface area (Å²) in [5, 5.41) is 14.0. The molecule has 6 heteroatoms. The Bertz CT molecular complexity index is 321. The van der Waals surface area contributed by atoms with E-state index in [0.29, 0.717) is 5.70 Å². The zero-order valence-corrected chi connectivity index (χ0v) is 9.70. The average Bonchev–Trinajstić information content (AvgIpc) is 2.23. The molecule has 0 aliphatic carbocycles. The molecule has 0 saturated carbocycles. The molecule has 0 aromatic rings. The normalized spacial score (nSPS) is 11.8. The minimum Gasteiger partial charge on any atom is -0.480 e. The quantitative estimate of drug-likeness (QED) is 0.439. The first-order valence-electron chi connectivity index (χ1n) is 4.71. The van der Waals surface area contributed by atoms with Gasteiger partial charge in [-0.3, -0.25) is 14.6 Å². The zero-order valence-electron chi connectivity index (χ0n) is 9.70. The van der Waals surface area contributed by atoms with E-state index in [1.165, 1.54) is 13.8 Å². The van der Waals surface area contributed by atoms with E-state index in [9.17, 15) is 9.59 Å². The maximum absolute atomic E-state index is 11.5. The molecular weight excluding hydrogens is 210 g/mol. The first-order chi connectivity index (χ1) is 7.36. The highest BCUT2D eigenvalue weighted by Gasteiger charge is 2.35. The summed E-state index contributed by atoms with van der Waals surface area (Å²) < 4.78 is 0. The van der Waals surface area contributed by atoms with Gasteiger partial charge in [0.25, 0.3) is 0 Å². The lowest BCUT2D eigenvalue weighted by Crippen LogP contribution is -2.42. The van der Waals surface area contributed by atoms with Crippen LogP contribution >= 0.6 is 0 Å². The van der Waals surface area contributed by atoms with Crippen LogP contribution in [0.1, 0.15) is 13.8 Å². The standard InChI is InChI=1S/C10H17N3O3/c1-10(2,9(15)16)8(14)13-6-7(12-4)5-11-3/h5,11H,4,6H2,1-3H3,(H,13,14)(H,15,16)/b7-5-. The number of carbonyl (C=O) groups is 2. The Balaban J connectivity index is 4.43. The van der Waals surface area contributed by atoms with E-state index in [-0.39, 0.29) is 6.54 Å². The van der Waals surface area contributed by atoms with Crippen molar-refractivity contribution in [1.82, 2.24) is 10.6 Å². The Morgan fingerprint density at radius 2 is 2.06 bits per heavy atom. The van der Waals surface area contributed by atoms with Crippen LogP contribution in [0.5, 0.6) is 0 Å². The number of hydrogen-bond acceptors (Lipinski definition) is 4. The fourth-order valence-corrected chi connectivity index (χ4v) is 0.808. The number of nitrogens with zero attached hydrogens (tertiary/aromatic N) is 1. The molecule has 0 atom stereocenters.